The molecule has 0 aromatic heterocycles. The lowest BCUT2D eigenvalue weighted by atomic mass is 9.58. The summed E-state index contributed by atoms with van der Waals surface area (Å²) in [5, 5.41) is 1.34. The maximum Gasteiger partial charge on any atom is 0.331 e. The molecule has 1 unspecified atom stereocenters. The topological polar surface area (TPSA) is 60.4 Å². The first kappa shape index (κ1) is 18.8. The van der Waals surface area contributed by atoms with Gasteiger partial charge < -0.3 is 4.74 Å². The van der Waals surface area contributed by atoms with Crippen LogP contribution in [0.2, 0.25) is 0 Å². The van der Waals surface area contributed by atoms with Gasteiger partial charge in [-0.25, -0.2) is 4.79 Å². The highest BCUT2D eigenvalue weighted by Gasteiger charge is 2.47. The van der Waals surface area contributed by atoms with Crippen LogP contribution in [0.1, 0.15) is 47.0 Å². The molecule has 24 heavy (non-hydrogen) atoms. The van der Waals surface area contributed by atoms with Crippen molar-refractivity contribution < 1.29 is 18.5 Å². The van der Waals surface area contributed by atoms with Crippen LogP contribution in [-0.4, -0.2) is 28.3 Å². The lowest BCUT2D eigenvalue weighted by molar-refractivity contribution is -0.149. The molecule has 0 N–H and O–H groups in total. The summed E-state index contributed by atoms with van der Waals surface area (Å²) in [6, 6.07) is 0. The zero-order chi connectivity index (χ0) is 18.1. The smallest absolute Gasteiger partial charge is 0.331 e. The number of fused-ring (bicyclic) bond motifs is 1. The van der Waals surface area contributed by atoms with E-state index in [0.29, 0.717) is 6.42 Å². The van der Waals surface area contributed by atoms with E-state index in [2.05, 4.69) is 13.8 Å². The second-order valence-corrected chi connectivity index (χ2v) is 8.48. The minimum atomic E-state index is -1.16. The van der Waals surface area contributed by atoms with Crippen LogP contribution in [0.4, 0.5) is 0 Å². The highest BCUT2D eigenvalue weighted by molar-refractivity contribution is 7.87. The Labute approximate surface area is 146 Å². The number of allylic oxidation sites excluding steroid dienone is 4. The van der Waals surface area contributed by atoms with Gasteiger partial charge in [0.2, 0.25) is 0 Å². The first-order chi connectivity index (χ1) is 11.1. The molecule has 2 rings (SSSR count). The van der Waals surface area contributed by atoms with Crippen LogP contribution in [0, 0.1) is 11.3 Å². The summed E-state index contributed by atoms with van der Waals surface area (Å²) in [4.78, 5) is 24.2. The maximum absolute atomic E-state index is 12.3. The molecule has 2 aliphatic carbocycles. The van der Waals surface area contributed by atoms with Crippen molar-refractivity contribution in [3.05, 3.63) is 34.3 Å². The Bertz CT molecular complexity index is 667. The molecule has 4 nitrogen and oxygen atoms in total. The number of hydrogen-bond acceptors (Lipinski definition) is 4. The Morgan fingerprint density at radius 3 is 2.67 bits per heavy atom. The third kappa shape index (κ3) is 3.77. The van der Waals surface area contributed by atoms with Gasteiger partial charge in [0.25, 0.3) is 0 Å². The van der Waals surface area contributed by atoms with Gasteiger partial charge in [0, 0.05) is 34.5 Å². The average Bonchev–Trinajstić information content (AvgIpc) is 2.49. The summed E-state index contributed by atoms with van der Waals surface area (Å²) in [5.74, 6) is -0.213. The standard InChI is InChI=1S/C19H26O4S/c1-12(2)15-11-19(4)13(3)17(7-6-14(19)10-16(15)20)23-18(21)8-9-24(5)22/h8-10,13,17H,6-7,11H2,1-5H3/b9-8+/t13-,17+,19+,24?/m0/s1. The number of rotatable bonds is 3. The monoisotopic (exact) mass is 350 g/mol. The number of carbonyl (C=O) groups excluding carboxylic acids is 2. The van der Waals surface area contributed by atoms with E-state index in [-0.39, 0.29) is 23.2 Å². The normalized spacial score (nSPS) is 31.5. The number of ketones is 1. The Balaban J connectivity index is 2.22. The lowest BCUT2D eigenvalue weighted by Crippen LogP contribution is -2.44. The van der Waals surface area contributed by atoms with Crippen molar-refractivity contribution in [3.8, 4) is 0 Å². The van der Waals surface area contributed by atoms with Gasteiger partial charge in [-0.1, -0.05) is 25.0 Å². The van der Waals surface area contributed by atoms with Crippen LogP contribution in [-0.2, 0) is 25.1 Å². The summed E-state index contributed by atoms with van der Waals surface area (Å²) >= 11 is 0. The van der Waals surface area contributed by atoms with Crippen LogP contribution >= 0.6 is 0 Å². The van der Waals surface area contributed by atoms with Gasteiger partial charge in [-0.05, 0) is 50.2 Å². The molecule has 0 aliphatic heterocycles. The number of carbonyl (C=O) groups is 2. The molecule has 0 aromatic carbocycles. The van der Waals surface area contributed by atoms with Gasteiger partial charge in [0.1, 0.15) is 6.10 Å². The molecule has 1 fully saturated rings. The molecule has 0 bridgehead atoms. The van der Waals surface area contributed by atoms with Crippen LogP contribution in [0.15, 0.2) is 34.3 Å². The van der Waals surface area contributed by atoms with E-state index in [1.165, 1.54) is 23.3 Å². The largest absolute Gasteiger partial charge is 0.459 e. The van der Waals surface area contributed by atoms with E-state index in [9.17, 15) is 13.8 Å². The Morgan fingerprint density at radius 1 is 1.42 bits per heavy atom. The first-order valence-electron chi connectivity index (χ1n) is 8.28. The third-order valence-electron chi connectivity index (χ3n) is 5.41. The highest BCUT2D eigenvalue weighted by atomic mass is 32.2. The molecule has 0 heterocycles. The van der Waals surface area contributed by atoms with Crippen molar-refractivity contribution in [1.82, 2.24) is 0 Å². The molecule has 0 amide bonds. The molecule has 0 radical (unpaired) electrons. The molecule has 0 saturated heterocycles. The SMILES string of the molecule is CC(C)=C1C[C@@]2(C)C(=CC1=O)CC[C@@H](OC(=O)/C=C/S(C)=O)[C@@H]2C. The predicted octanol–water partition coefficient (Wildman–Crippen LogP) is 3.46. The first-order valence-corrected chi connectivity index (χ1v) is 9.90. The van der Waals surface area contributed by atoms with Crippen LogP contribution in [0.25, 0.3) is 0 Å². The van der Waals surface area contributed by atoms with Crippen LogP contribution < -0.4 is 0 Å². The van der Waals surface area contributed by atoms with Crippen molar-refractivity contribution in [1.29, 1.82) is 0 Å². The van der Waals surface area contributed by atoms with Gasteiger partial charge in [0.15, 0.2) is 5.78 Å². The molecule has 4 atom stereocenters. The molecular weight excluding hydrogens is 324 g/mol. The van der Waals surface area contributed by atoms with Gasteiger partial charge in [0.05, 0.1) is 0 Å². The number of esters is 1. The summed E-state index contributed by atoms with van der Waals surface area (Å²) < 4.78 is 16.6. The quantitative estimate of drug-likeness (QED) is 0.578. The fraction of sp³-hybridized carbons (Fsp3) is 0.579. The summed E-state index contributed by atoms with van der Waals surface area (Å²) in [6.45, 7) is 8.19. The van der Waals surface area contributed by atoms with Crippen molar-refractivity contribution in [2.24, 2.45) is 11.3 Å². The minimum absolute atomic E-state index is 0.115. The van der Waals surface area contributed by atoms with Crippen molar-refractivity contribution in [2.75, 3.05) is 6.26 Å². The molecule has 5 heteroatoms. The summed E-state index contributed by atoms with van der Waals surface area (Å²) in [5.41, 5.74) is 2.93. The van der Waals surface area contributed by atoms with E-state index in [1.807, 2.05) is 13.8 Å². The number of hydrogen-bond donors (Lipinski definition) is 0. The van der Waals surface area contributed by atoms with Crippen molar-refractivity contribution >= 4 is 22.6 Å². The van der Waals surface area contributed by atoms with Gasteiger partial charge in [-0.2, -0.15) is 0 Å². The number of ether oxygens (including phenoxy) is 1. The van der Waals surface area contributed by atoms with E-state index in [1.54, 1.807) is 6.08 Å². The molecule has 132 valence electrons. The molecule has 2 aliphatic rings. The zero-order valence-corrected chi connectivity index (χ0v) is 15.9. The third-order valence-corrected chi connectivity index (χ3v) is 5.93. The predicted molar refractivity (Wildman–Crippen MR) is 95.7 cm³/mol. The highest BCUT2D eigenvalue weighted by Crippen LogP contribution is 2.52. The Hall–Kier alpha value is -1.49. The van der Waals surface area contributed by atoms with Gasteiger partial charge >= 0.3 is 5.97 Å². The van der Waals surface area contributed by atoms with Gasteiger partial charge in [-0.3, -0.25) is 9.00 Å². The minimum Gasteiger partial charge on any atom is -0.459 e. The van der Waals surface area contributed by atoms with E-state index in [4.69, 9.17) is 4.74 Å². The average molecular weight is 350 g/mol. The van der Waals surface area contributed by atoms with Crippen LogP contribution in [0.5, 0.6) is 0 Å². The second-order valence-electron chi connectivity index (χ2n) is 7.21. The summed E-state index contributed by atoms with van der Waals surface area (Å²) in [7, 11) is -1.16. The Kier molecular flexibility index (Phi) is 5.63. The van der Waals surface area contributed by atoms with Crippen molar-refractivity contribution in [3.63, 3.8) is 0 Å². The fourth-order valence-electron chi connectivity index (χ4n) is 3.67. The molecule has 1 saturated carbocycles. The molecule has 0 aromatic rings. The molecule has 0 spiro atoms. The van der Waals surface area contributed by atoms with Crippen molar-refractivity contribution in [2.45, 2.75) is 53.1 Å². The summed E-state index contributed by atoms with van der Waals surface area (Å²) in [6.07, 6.45) is 6.53. The fourth-order valence-corrected chi connectivity index (χ4v) is 3.97. The van der Waals surface area contributed by atoms with E-state index >= 15 is 0 Å². The van der Waals surface area contributed by atoms with Crippen LogP contribution in [0.3, 0.4) is 0 Å². The zero-order valence-electron chi connectivity index (χ0n) is 15.0. The Morgan fingerprint density at radius 2 is 2.08 bits per heavy atom. The maximum atomic E-state index is 12.3. The van der Waals surface area contributed by atoms with E-state index in [0.717, 1.165) is 24.0 Å². The van der Waals surface area contributed by atoms with E-state index < -0.39 is 16.8 Å². The van der Waals surface area contributed by atoms with Gasteiger partial charge in [-0.15, -0.1) is 0 Å². The lowest BCUT2D eigenvalue weighted by Gasteiger charge is -2.48. The molecular formula is C19H26O4S. The second kappa shape index (κ2) is 7.18.